The van der Waals surface area contributed by atoms with E-state index in [1.54, 1.807) is 25.1 Å². The minimum absolute atomic E-state index is 0.184. The molecule has 2 N–H and O–H groups in total. The van der Waals surface area contributed by atoms with Gasteiger partial charge >= 0.3 is 0 Å². The number of carbonyl (C=O) groups is 1. The van der Waals surface area contributed by atoms with Gasteiger partial charge in [-0.25, -0.2) is 0 Å². The maximum atomic E-state index is 12.5. The number of rotatable bonds is 7. The third-order valence-electron chi connectivity index (χ3n) is 6.02. The van der Waals surface area contributed by atoms with Crippen LogP contribution in [0.4, 0.5) is 11.4 Å². The lowest BCUT2D eigenvalue weighted by Crippen LogP contribution is -2.46. The van der Waals surface area contributed by atoms with Crippen LogP contribution in [0.5, 0.6) is 5.75 Å². The zero-order valence-electron chi connectivity index (χ0n) is 20.2. The van der Waals surface area contributed by atoms with Crippen LogP contribution in [0.1, 0.15) is 12.5 Å². The summed E-state index contributed by atoms with van der Waals surface area (Å²) in [5.74, 6) is -0.0253. The Labute approximate surface area is 237 Å². The average molecular weight is 578 g/mol. The van der Waals surface area contributed by atoms with Crippen molar-refractivity contribution in [3.63, 3.8) is 0 Å². The predicted octanol–water partition coefficient (Wildman–Crippen LogP) is 6.25. The van der Waals surface area contributed by atoms with Crippen molar-refractivity contribution in [2.75, 3.05) is 36.4 Å². The molecule has 3 aromatic rings. The van der Waals surface area contributed by atoms with E-state index >= 15 is 0 Å². The molecule has 1 aliphatic rings. The van der Waals surface area contributed by atoms with E-state index in [2.05, 4.69) is 26.5 Å². The molecule has 1 heterocycles. The maximum absolute atomic E-state index is 12.5. The number of nitrogens with zero attached hydrogens (tertiary/aromatic N) is 2. The van der Waals surface area contributed by atoms with Crippen LogP contribution in [0.2, 0.25) is 15.1 Å². The van der Waals surface area contributed by atoms with Crippen LogP contribution in [0.25, 0.3) is 0 Å². The van der Waals surface area contributed by atoms with Crippen LogP contribution in [0.15, 0.2) is 66.7 Å². The summed E-state index contributed by atoms with van der Waals surface area (Å²) in [7, 11) is 0. The van der Waals surface area contributed by atoms with Crippen LogP contribution in [-0.4, -0.2) is 48.2 Å². The number of piperazine rings is 1. The van der Waals surface area contributed by atoms with Gasteiger partial charge in [-0.3, -0.25) is 15.0 Å². The molecule has 4 rings (SSSR count). The molecule has 10 heteroatoms. The van der Waals surface area contributed by atoms with Gasteiger partial charge in [0.25, 0.3) is 5.91 Å². The van der Waals surface area contributed by atoms with Gasteiger partial charge in [-0.1, -0.05) is 53.0 Å². The highest BCUT2D eigenvalue weighted by Gasteiger charge is 2.19. The number of nitrogens with one attached hydrogen (secondary N) is 2. The monoisotopic (exact) mass is 576 g/mol. The van der Waals surface area contributed by atoms with Crippen LogP contribution in [0.3, 0.4) is 0 Å². The van der Waals surface area contributed by atoms with Crippen molar-refractivity contribution in [3.8, 4) is 5.75 Å². The van der Waals surface area contributed by atoms with Crippen molar-refractivity contribution in [2.45, 2.75) is 19.6 Å². The van der Waals surface area contributed by atoms with Crippen LogP contribution < -0.4 is 20.3 Å². The maximum Gasteiger partial charge on any atom is 0.266 e. The second-order valence-corrected chi connectivity index (χ2v) is 10.3. The summed E-state index contributed by atoms with van der Waals surface area (Å²) in [6.45, 7) is 6.26. The first-order valence-corrected chi connectivity index (χ1v) is 13.4. The van der Waals surface area contributed by atoms with Crippen molar-refractivity contribution in [1.82, 2.24) is 10.2 Å². The largest absolute Gasteiger partial charge is 0.479 e. The number of hydrogen-bond donors (Lipinski definition) is 2. The summed E-state index contributed by atoms with van der Waals surface area (Å²) in [6.07, 6.45) is -0.808. The van der Waals surface area contributed by atoms with Gasteiger partial charge in [-0.05, 0) is 73.2 Å². The normalized spacial score (nSPS) is 14.6. The van der Waals surface area contributed by atoms with Gasteiger partial charge in [0, 0.05) is 54.1 Å². The summed E-state index contributed by atoms with van der Waals surface area (Å²) in [5, 5.41) is 7.50. The molecule has 194 valence electrons. The van der Waals surface area contributed by atoms with E-state index < -0.39 is 12.0 Å². The first kappa shape index (κ1) is 27.5. The summed E-state index contributed by atoms with van der Waals surface area (Å²) < 4.78 is 5.64. The lowest BCUT2D eigenvalue weighted by Gasteiger charge is -2.36. The minimum atomic E-state index is -0.808. The second kappa shape index (κ2) is 12.8. The standard InChI is InChI=1S/C27H27Cl3N4O2S/c1-18(36-25-11-6-20(28)16-24(25)30)26(35)32-27(37)31-21-7-9-22(10-8-21)34-14-12-33(13-15-34)17-19-4-2-3-5-23(19)29/h2-11,16,18H,12-15,17H2,1H3,(H2,31,32,35,37). The lowest BCUT2D eigenvalue weighted by molar-refractivity contribution is -0.125. The number of anilines is 2. The topological polar surface area (TPSA) is 56.8 Å². The predicted molar refractivity (Wildman–Crippen MR) is 156 cm³/mol. The van der Waals surface area contributed by atoms with E-state index in [0.717, 1.165) is 54.7 Å². The zero-order chi connectivity index (χ0) is 26.4. The number of thiocarbonyl (C=S) groups is 1. The van der Waals surface area contributed by atoms with E-state index in [1.807, 2.05) is 42.5 Å². The van der Waals surface area contributed by atoms with Gasteiger partial charge in [0.15, 0.2) is 11.2 Å². The fraction of sp³-hybridized carbons (Fsp3) is 0.259. The van der Waals surface area contributed by atoms with E-state index in [0.29, 0.717) is 15.8 Å². The molecule has 0 aliphatic carbocycles. The number of amides is 1. The molecule has 0 radical (unpaired) electrons. The molecule has 0 spiro atoms. The highest BCUT2D eigenvalue weighted by molar-refractivity contribution is 7.80. The van der Waals surface area contributed by atoms with Gasteiger partial charge in [0.1, 0.15) is 5.75 Å². The molecule has 6 nitrogen and oxygen atoms in total. The Morgan fingerprint density at radius 3 is 2.35 bits per heavy atom. The summed E-state index contributed by atoms with van der Waals surface area (Å²) >= 11 is 23.6. The Balaban J connectivity index is 1.23. The van der Waals surface area contributed by atoms with Crippen molar-refractivity contribution >= 4 is 69.4 Å². The molecule has 1 atom stereocenters. The Hall–Kier alpha value is -2.55. The minimum Gasteiger partial charge on any atom is -0.479 e. The van der Waals surface area contributed by atoms with Crippen molar-refractivity contribution in [1.29, 1.82) is 0 Å². The van der Waals surface area contributed by atoms with Crippen molar-refractivity contribution < 1.29 is 9.53 Å². The third-order valence-corrected chi connectivity index (χ3v) is 7.12. The second-order valence-electron chi connectivity index (χ2n) is 8.68. The highest BCUT2D eigenvalue weighted by Crippen LogP contribution is 2.28. The molecular formula is C27H27Cl3N4O2S. The van der Waals surface area contributed by atoms with Gasteiger partial charge in [-0.2, -0.15) is 0 Å². The highest BCUT2D eigenvalue weighted by atomic mass is 35.5. The molecule has 1 unspecified atom stereocenters. The molecule has 37 heavy (non-hydrogen) atoms. The molecule has 1 amide bonds. The number of hydrogen-bond acceptors (Lipinski definition) is 5. The van der Waals surface area contributed by atoms with Gasteiger partial charge < -0.3 is 15.0 Å². The Bertz CT molecular complexity index is 1250. The quantitative estimate of drug-likeness (QED) is 0.324. The number of ether oxygens (including phenoxy) is 1. The van der Waals surface area contributed by atoms with E-state index in [-0.39, 0.29) is 5.11 Å². The van der Waals surface area contributed by atoms with E-state index in [4.69, 9.17) is 51.8 Å². The number of carbonyl (C=O) groups excluding carboxylic acids is 1. The fourth-order valence-electron chi connectivity index (χ4n) is 3.98. The Kier molecular flexibility index (Phi) is 9.51. The molecule has 1 aliphatic heterocycles. The Morgan fingerprint density at radius 1 is 0.973 bits per heavy atom. The van der Waals surface area contributed by atoms with Crippen LogP contribution >= 0.6 is 47.0 Å². The van der Waals surface area contributed by atoms with Gasteiger partial charge in [-0.15, -0.1) is 0 Å². The smallest absolute Gasteiger partial charge is 0.266 e. The summed E-state index contributed by atoms with van der Waals surface area (Å²) in [6, 6.07) is 20.8. The molecule has 0 saturated carbocycles. The van der Waals surface area contributed by atoms with Gasteiger partial charge in [0.2, 0.25) is 0 Å². The van der Waals surface area contributed by atoms with Crippen molar-refractivity contribution in [3.05, 3.63) is 87.4 Å². The third kappa shape index (κ3) is 7.72. The molecule has 0 aromatic heterocycles. The zero-order valence-corrected chi connectivity index (χ0v) is 23.3. The lowest BCUT2D eigenvalue weighted by atomic mass is 10.2. The first-order chi connectivity index (χ1) is 17.8. The molecular weight excluding hydrogens is 551 g/mol. The van der Waals surface area contributed by atoms with E-state index in [1.165, 1.54) is 0 Å². The van der Waals surface area contributed by atoms with Crippen LogP contribution in [-0.2, 0) is 11.3 Å². The summed E-state index contributed by atoms with van der Waals surface area (Å²) in [4.78, 5) is 17.3. The van der Waals surface area contributed by atoms with E-state index in [9.17, 15) is 4.79 Å². The fourth-order valence-corrected chi connectivity index (χ4v) is 4.84. The number of halogens is 3. The Morgan fingerprint density at radius 2 is 1.68 bits per heavy atom. The first-order valence-electron chi connectivity index (χ1n) is 11.8. The molecule has 1 saturated heterocycles. The molecule has 3 aromatic carbocycles. The SMILES string of the molecule is CC(Oc1ccc(Cl)cc1Cl)C(=O)NC(=S)Nc1ccc(N2CCN(Cc3ccccc3Cl)CC2)cc1. The van der Waals surface area contributed by atoms with Crippen molar-refractivity contribution in [2.24, 2.45) is 0 Å². The average Bonchev–Trinajstić information content (AvgIpc) is 2.88. The molecule has 1 fully saturated rings. The van der Waals surface area contributed by atoms with Gasteiger partial charge in [0.05, 0.1) is 5.02 Å². The summed E-state index contributed by atoms with van der Waals surface area (Å²) in [5.41, 5.74) is 3.08. The molecule has 0 bridgehead atoms. The number of benzene rings is 3. The van der Waals surface area contributed by atoms with Crippen LogP contribution in [0, 0.1) is 0 Å².